The van der Waals surface area contributed by atoms with Gasteiger partial charge in [0.05, 0.1) is 10.1 Å². The van der Waals surface area contributed by atoms with Crippen molar-refractivity contribution in [3.05, 3.63) is 52.5 Å². The van der Waals surface area contributed by atoms with Crippen molar-refractivity contribution in [2.24, 2.45) is 0 Å². The Kier molecular flexibility index (Phi) is 6.00. The molecule has 8 heteroatoms. The molecule has 2 aromatic carbocycles. The van der Waals surface area contributed by atoms with Gasteiger partial charge in [-0.3, -0.25) is 9.59 Å². The topological polar surface area (TPSA) is 83.6 Å². The Hall–Kier alpha value is -2.38. The number of anilines is 2. The number of hydrogen-bond acceptors (Lipinski definition) is 4. The summed E-state index contributed by atoms with van der Waals surface area (Å²) in [7, 11) is -3.69. The second kappa shape index (κ2) is 8.16. The van der Waals surface area contributed by atoms with Crippen LogP contribution in [-0.2, 0) is 25.8 Å². The molecule has 2 amide bonds. The summed E-state index contributed by atoms with van der Waals surface area (Å²) in [6.45, 7) is 5.39. The molecule has 0 aromatic heterocycles. The molecule has 6 nitrogen and oxygen atoms in total. The van der Waals surface area contributed by atoms with Crippen molar-refractivity contribution in [1.29, 1.82) is 0 Å². The Balaban J connectivity index is 1.75. The third kappa shape index (κ3) is 4.46. The fraction of sp³-hybridized carbons (Fsp3) is 0.333. The van der Waals surface area contributed by atoms with Crippen LogP contribution in [0.1, 0.15) is 31.4 Å². The van der Waals surface area contributed by atoms with Crippen LogP contribution in [0, 0.1) is 6.92 Å². The van der Waals surface area contributed by atoms with Crippen LogP contribution < -0.4 is 10.2 Å². The zero-order valence-electron chi connectivity index (χ0n) is 16.5. The molecule has 0 aliphatic carbocycles. The van der Waals surface area contributed by atoms with E-state index < -0.39 is 21.0 Å². The SMILES string of the molecule is CC(=O)N1CCc2cc(S(=O)(=O)C(C)CC(=O)Nc3cc(Cl)ccc3C)ccc21. The number of benzene rings is 2. The number of amides is 2. The predicted octanol–water partition coefficient (Wildman–Crippen LogP) is 3.75. The van der Waals surface area contributed by atoms with Gasteiger partial charge in [0, 0.05) is 36.3 Å². The van der Waals surface area contributed by atoms with Gasteiger partial charge in [0.2, 0.25) is 11.8 Å². The first kappa shape index (κ1) is 21.3. The standard InChI is InChI=1S/C21H23ClN2O4S/c1-13-4-5-17(22)12-19(13)23-21(26)10-14(2)29(27,28)18-6-7-20-16(11-18)8-9-24(20)15(3)25/h4-7,11-12,14H,8-10H2,1-3H3,(H,23,26). The van der Waals surface area contributed by atoms with Crippen LogP contribution in [0.4, 0.5) is 11.4 Å². The highest BCUT2D eigenvalue weighted by Gasteiger charge is 2.29. The maximum atomic E-state index is 13.0. The van der Waals surface area contributed by atoms with Crippen molar-refractivity contribution in [3.8, 4) is 0 Å². The van der Waals surface area contributed by atoms with Crippen LogP contribution in [0.15, 0.2) is 41.3 Å². The van der Waals surface area contributed by atoms with Gasteiger partial charge in [-0.15, -0.1) is 0 Å². The summed E-state index contributed by atoms with van der Waals surface area (Å²) in [6, 6.07) is 9.93. The number of nitrogens with zero attached hydrogens (tertiary/aromatic N) is 1. The lowest BCUT2D eigenvalue weighted by atomic mass is 10.2. The quantitative estimate of drug-likeness (QED) is 0.776. The Morgan fingerprint density at radius 3 is 2.62 bits per heavy atom. The normalized spacial score (nSPS) is 14.4. The fourth-order valence-corrected chi connectivity index (χ4v) is 4.99. The minimum absolute atomic E-state index is 0.0688. The van der Waals surface area contributed by atoms with E-state index in [4.69, 9.17) is 11.6 Å². The van der Waals surface area contributed by atoms with Crippen LogP contribution in [-0.4, -0.2) is 32.0 Å². The van der Waals surface area contributed by atoms with Crippen LogP contribution in [0.3, 0.4) is 0 Å². The molecule has 2 aromatic rings. The number of carbonyl (C=O) groups is 2. The van der Waals surface area contributed by atoms with Gasteiger partial charge in [0.25, 0.3) is 0 Å². The van der Waals surface area contributed by atoms with Crippen LogP contribution in [0.2, 0.25) is 5.02 Å². The van der Waals surface area contributed by atoms with E-state index in [-0.39, 0.29) is 17.2 Å². The first-order valence-electron chi connectivity index (χ1n) is 9.30. The molecule has 29 heavy (non-hydrogen) atoms. The van der Waals surface area contributed by atoms with E-state index in [0.29, 0.717) is 23.7 Å². The van der Waals surface area contributed by atoms with E-state index in [2.05, 4.69) is 5.32 Å². The predicted molar refractivity (Wildman–Crippen MR) is 114 cm³/mol. The number of fused-ring (bicyclic) bond motifs is 1. The molecule has 1 unspecified atom stereocenters. The van der Waals surface area contributed by atoms with Crippen LogP contribution in [0.25, 0.3) is 0 Å². The monoisotopic (exact) mass is 434 g/mol. The number of halogens is 1. The van der Waals surface area contributed by atoms with Gasteiger partial charge >= 0.3 is 0 Å². The molecular weight excluding hydrogens is 412 g/mol. The van der Waals surface area contributed by atoms with Crippen LogP contribution >= 0.6 is 11.6 Å². The van der Waals surface area contributed by atoms with E-state index in [9.17, 15) is 18.0 Å². The molecule has 0 saturated heterocycles. The van der Waals surface area contributed by atoms with Crippen molar-refractivity contribution in [1.82, 2.24) is 0 Å². The summed E-state index contributed by atoms with van der Waals surface area (Å²) in [5, 5.41) is 2.33. The van der Waals surface area contributed by atoms with Gasteiger partial charge in [0.1, 0.15) is 0 Å². The third-order valence-electron chi connectivity index (χ3n) is 5.13. The Bertz CT molecular complexity index is 1080. The molecule has 0 radical (unpaired) electrons. The van der Waals surface area contributed by atoms with Crippen molar-refractivity contribution >= 4 is 44.6 Å². The Labute approximate surface area is 175 Å². The summed E-state index contributed by atoms with van der Waals surface area (Å²) >= 11 is 5.96. The number of hydrogen-bond donors (Lipinski definition) is 1. The highest BCUT2D eigenvalue weighted by atomic mass is 35.5. The summed E-state index contributed by atoms with van der Waals surface area (Å²) in [5.74, 6) is -0.462. The molecular formula is C21H23ClN2O4S. The minimum atomic E-state index is -3.69. The summed E-state index contributed by atoms with van der Waals surface area (Å²) in [4.78, 5) is 25.9. The molecule has 1 N–H and O–H groups in total. The largest absolute Gasteiger partial charge is 0.326 e. The molecule has 0 spiro atoms. The average molecular weight is 435 g/mol. The average Bonchev–Trinajstić information content (AvgIpc) is 3.08. The Morgan fingerprint density at radius 1 is 1.21 bits per heavy atom. The third-order valence-corrected chi connectivity index (χ3v) is 7.50. The van der Waals surface area contributed by atoms with Crippen molar-refractivity contribution in [3.63, 3.8) is 0 Å². The number of nitrogens with one attached hydrogen (secondary N) is 1. The molecule has 154 valence electrons. The van der Waals surface area contributed by atoms with E-state index in [1.54, 1.807) is 35.2 Å². The number of sulfone groups is 1. The first-order chi connectivity index (χ1) is 13.6. The summed E-state index contributed by atoms with van der Waals surface area (Å²) in [6.07, 6.45) is 0.437. The Morgan fingerprint density at radius 2 is 1.93 bits per heavy atom. The summed E-state index contributed by atoms with van der Waals surface area (Å²) in [5.41, 5.74) is 2.98. The highest BCUT2D eigenvalue weighted by molar-refractivity contribution is 7.92. The van der Waals surface area contributed by atoms with E-state index in [0.717, 1.165) is 16.8 Å². The molecule has 0 bridgehead atoms. The molecule has 1 atom stereocenters. The zero-order chi connectivity index (χ0) is 21.3. The van der Waals surface area contributed by atoms with Gasteiger partial charge in [0.15, 0.2) is 9.84 Å². The fourth-order valence-electron chi connectivity index (χ4n) is 3.42. The van der Waals surface area contributed by atoms with E-state index in [1.165, 1.54) is 19.9 Å². The first-order valence-corrected chi connectivity index (χ1v) is 11.2. The van der Waals surface area contributed by atoms with Crippen molar-refractivity contribution < 1.29 is 18.0 Å². The van der Waals surface area contributed by atoms with Gasteiger partial charge in [-0.05, 0) is 61.7 Å². The molecule has 0 fully saturated rings. The van der Waals surface area contributed by atoms with Crippen molar-refractivity contribution in [2.75, 3.05) is 16.8 Å². The van der Waals surface area contributed by atoms with E-state index in [1.807, 2.05) is 6.92 Å². The number of aryl methyl sites for hydroxylation is 1. The summed E-state index contributed by atoms with van der Waals surface area (Å²) < 4.78 is 25.9. The molecule has 1 aliphatic rings. The molecule has 1 heterocycles. The lowest BCUT2D eigenvalue weighted by Gasteiger charge is -2.17. The van der Waals surface area contributed by atoms with Gasteiger partial charge in [-0.2, -0.15) is 0 Å². The minimum Gasteiger partial charge on any atom is -0.326 e. The lowest BCUT2D eigenvalue weighted by Crippen LogP contribution is -2.26. The smallest absolute Gasteiger partial charge is 0.225 e. The zero-order valence-corrected chi connectivity index (χ0v) is 18.1. The van der Waals surface area contributed by atoms with Gasteiger partial charge in [-0.25, -0.2) is 8.42 Å². The maximum absolute atomic E-state index is 13.0. The number of carbonyl (C=O) groups excluding carboxylic acids is 2. The highest BCUT2D eigenvalue weighted by Crippen LogP contribution is 2.31. The van der Waals surface area contributed by atoms with Crippen molar-refractivity contribution in [2.45, 2.75) is 43.8 Å². The number of rotatable bonds is 5. The van der Waals surface area contributed by atoms with E-state index >= 15 is 0 Å². The second-order valence-corrected chi connectivity index (χ2v) is 10.1. The van der Waals surface area contributed by atoms with Crippen LogP contribution in [0.5, 0.6) is 0 Å². The van der Waals surface area contributed by atoms with Gasteiger partial charge < -0.3 is 10.2 Å². The lowest BCUT2D eigenvalue weighted by molar-refractivity contribution is -0.117. The molecule has 3 rings (SSSR count). The second-order valence-electron chi connectivity index (χ2n) is 7.28. The molecule has 1 aliphatic heterocycles. The molecule has 0 saturated carbocycles. The maximum Gasteiger partial charge on any atom is 0.225 e. The van der Waals surface area contributed by atoms with Gasteiger partial charge in [-0.1, -0.05) is 17.7 Å².